The molecule has 0 bridgehead atoms. The van der Waals surface area contributed by atoms with Gasteiger partial charge in [-0.2, -0.15) is 4.72 Å². The lowest BCUT2D eigenvalue weighted by atomic mass is 10.1. The van der Waals surface area contributed by atoms with Crippen LogP contribution in [-0.4, -0.2) is 74.3 Å². The molecule has 2 saturated heterocycles. The molecule has 1 aromatic carbocycles. The van der Waals surface area contributed by atoms with Gasteiger partial charge in [0.25, 0.3) is 0 Å². The Bertz CT molecular complexity index is 1380. The summed E-state index contributed by atoms with van der Waals surface area (Å²) in [4.78, 5) is 42.3. The second-order valence-corrected chi connectivity index (χ2v) is 13.7. The van der Waals surface area contributed by atoms with Crippen LogP contribution in [0.25, 0.3) is 6.08 Å². The van der Waals surface area contributed by atoms with Gasteiger partial charge in [0.15, 0.2) is 0 Å². The van der Waals surface area contributed by atoms with E-state index < -0.39 is 28.0 Å². The second kappa shape index (κ2) is 13.5. The molecule has 0 aliphatic carbocycles. The summed E-state index contributed by atoms with van der Waals surface area (Å²) in [5, 5.41) is 7.21. The molecule has 3 heterocycles. The van der Waals surface area contributed by atoms with E-state index >= 15 is 0 Å². The summed E-state index contributed by atoms with van der Waals surface area (Å²) in [5.74, 6) is -0.693. The molecule has 0 spiro atoms. The molecule has 0 saturated carbocycles. The van der Waals surface area contributed by atoms with E-state index in [-0.39, 0.29) is 25.0 Å². The minimum absolute atomic E-state index is 0.162. The molecule has 15 heteroatoms. The third-order valence-electron chi connectivity index (χ3n) is 6.48. The molecule has 1 aromatic heterocycles. The molecule has 0 radical (unpaired) electrons. The van der Waals surface area contributed by atoms with Crippen molar-refractivity contribution in [3.05, 3.63) is 55.0 Å². The van der Waals surface area contributed by atoms with Crippen LogP contribution in [0.4, 0.5) is 10.5 Å². The average Bonchev–Trinajstić information content (AvgIpc) is 3.52. The maximum atomic E-state index is 13.1. The quantitative estimate of drug-likeness (QED) is 0.372. The molecule has 2 aliphatic heterocycles. The molecular weight excluding hydrogens is 621 g/mol. The number of nitrogens with one attached hydrogen (secondary N) is 3. The summed E-state index contributed by atoms with van der Waals surface area (Å²) in [6.07, 6.45) is 3.77. The smallest absolute Gasteiger partial charge is 0.319 e. The number of likely N-dealkylation sites (tertiary alicyclic amines) is 2. The van der Waals surface area contributed by atoms with Gasteiger partial charge in [-0.05, 0) is 62.1 Å². The Kier molecular flexibility index (Phi) is 10.4. The van der Waals surface area contributed by atoms with Crippen molar-refractivity contribution in [2.75, 3.05) is 31.5 Å². The Hall–Kier alpha value is -2.35. The van der Waals surface area contributed by atoms with Crippen LogP contribution in [0, 0.1) is 0 Å². The zero-order valence-corrected chi connectivity index (χ0v) is 25.1. The maximum Gasteiger partial charge on any atom is 0.319 e. The third kappa shape index (κ3) is 8.58. The number of halogens is 3. The van der Waals surface area contributed by atoms with E-state index in [9.17, 15) is 22.8 Å². The van der Waals surface area contributed by atoms with E-state index in [1.165, 1.54) is 22.3 Å². The van der Waals surface area contributed by atoms with Gasteiger partial charge in [-0.1, -0.05) is 34.8 Å². The topological polar surface area (TPSA) is 128 Å². The van der Waals surface area contributed by atoms with Crippen LogP contribution in [-0.2, 0) is 19.6 Å². The summed E-state index contributed by atoms with van der Waals surface area (Å²) in [5.41, 5.74) is 0.439. The highest BCUT2D eigenvalue weighted by Crippen LogP contribution is 2.24. The van der Waals surface area contributed by atoms with Crippen molar-refractivity contribution in [3.63, 3.8) is 0 Å². The van der Waals surface area contributed by atoms with Gasteiger partial charge in [0, 0.05) is 51.7 Å². The summed E-state index contributed by atoms with van der Waals surface area (Å²) in [6, 6.07) is 6.40. The van der Waals surface area contributed by atoms with Crippen molar-refractivity contribution in [1.82, 2.24) is 19.8 Å². The number of nitrogens with zero attached hydrogens (tertiary/aromatic N) is 2. The van der Waals surface area contributed by atoms with Gasteiger partial charge in [-0.25, -0.2) is 13.2 Å². The Labute approximate surface area is 251 Å². The van der Waals surface area contributed by atoms with Crippen molar-refractivity contribution in [3.8, 4) is 0 Å². The van der Waals surface area contributed by atoms with Gasteiger partial charge in [0.2, 0.25) is 21.8 Å². The Morgan fingerprint density at radius 3 is 2.48 bits per heavy atom. The van der Waals surface area contributed by atoms with E-state index in [0.29, 0.717) is 57.3 Å². The molecular formula is C25H28Cl3N5O5S2. The second-order valence-electron chi connectivity index (χ2n) is 9.44. The van der Waals surface area contributed by atoms with Gasteiger partial charge in [0.1, 0.15) is 6.04 Å². The minimum atomic E-state index is -3.89. The molecule has 2 atom stereocenters. The molecule has 3 N–H and O–H groups in total. The zero-order chi connectivity index (χ0) is 28.9. The predicted molar refractivity (Wildman–Crippen MR) is 158 cm³/mol. The number of piperidine rings is 1. The molecule has 10 nitrogen and oxygen atoms in total. The fraction of sp³-hybridized carbons (Fsp3) is 0.400. The van der Waals surface area contributed by atoms with Gasteiger partial charge in [0.05, 0.1) is 10.9 Å². The van der Waals surface area contributed by atoms with E-state index in [4.69, 9.17) is 34.8 Å². The number of carbonyl (C=O) groups excluding carboxylic acids is 3. The SMILES string of the molecule is O=C(NCC1CCCN1C(=O)CN1CCCC(NS(=O)(=O)/C=C/c2ccc(Cl)s2)C1=O)Nc1cc(Cl)cc(Cl)c1. The van der Waals surface area contributed by atoms with E-state index in [1.807, 2.05) is 0 Å². The average molecular weight is 649 g/mol. The number of thiophene rings is 1. The minimum Gasteiger partial charge on any atom is -0.336 e. The monoisotopic (exact) mass is 647 g/mol. The Morgan fingerprint density at radius 2 is 1.77 bits per heavy atom. The number of anilines is 1. The predicted octanol–water partition coefficient (Wildman–Crippen LogP) is 4.40. The zero-order valence-electron chi connectivity index (χ0n) is 21.2. The fourth-order valence-corrected chi connectivity index (χ4v) is 7.26. The molecule has 2 unspecified atom stereocenters. The summed E-state index contributed by atoms with van der Waals surface area (Å²) >= 11 is 19.0. The van der Waals surface area contributed by atoms with Crippen LogP contribution in [0.2, 0.25) is 14.4 Å². The van der Waals surface area contributed by atoms with Gasteiger partial charge >= 0.3 is 6.03 Å². The largest absolute Gasteiger partial charge is 0.336 e. The normalized spacial score (nSPS) is 19.8. The maximum absolute atomic E-state index is 13.1. The first-order chi connectivity index (χ1) is 19.0. The number of benzene rings is 1. The van der Waals surface area contributed by atoms with E-state index in [2.05, 4.69) is 15.4 Å². The highest BCUT2D eigenvalue weighted by Gasteiger charge is 2.35. The number of rotatable bonds is 9. The third-order valence-corrected chi connectivity index (χ3v) is 9.23. The molecule has 4 amide bonds. The molecule has 4 rings (SSSR count). The number of urea groups is 1. The summed E-state index contributed by atoms with van der Waals surface area (Å²) in [7, 11) is -3.89. The van der Waals surface area contributed by atoms with Crippen molar-refractivity contribution >= 4 is 85.8 Å². The van der Waals surface area contributed by atoms with E-state index in [1.54, 1.807) is 35.2 Å². The standard InChI is InChI=1S/C25H28Cl3N5O5S2/c26-16-11-17(27)13-18(12-16)30-25(36)29-14-19-3-1-9-33(19)23(34)15-32-8-2-4-21(24(32)35)31-40(37,38)10-7-20-5-6-22(28)39-20/h5-7,10-13,19,21,31H,1-4,8-9,14-15H2,(H2,29,30,36)/b10-7+. The van der Waals surface area contributed by atoms with E-state index in [0.717, 1.165) is 11.8 Å². The molecule has 2 aromatic rings. The van der Waals surface area contributed by atoms with Crippen LogP contribution in [0.5, 0.6) is 0 Å². The van der Waals surface area contributed by atoms with Crippen LogP contribution < -0.4 is 15.4 Å². The molecule has 216 valence electrons. The first kappa shape index (κ1) is 30.6. The van der Waals surface area contributed by atoms with Crippen LogP contribution in [0.3, 0.4) is 0 Å². The molecule has 40 heavy (non-hydrogen) atoms. The van der Waals surface area contributed by atoms with Crippen molar-refractivity contribution in [2.45, 2.75) is 37.8 Å². The fourth-order valence-electron chi connectivity index (χ4n) is 4.66. The van der Waals surface area contributed by atoms with Crippen molar-refractivity contribution in [1.29, 1.82) is 0 Å². The summed E-state index contributed by atoms with van der Waals surface area (Å²) in [6.45, 7) is 0.925. The Balaban J connectivity index is 1.28. The lowest BCUT2D eigenvalue weighted by Crippen LogP contribution is -2.55. The molecule has 2 fully saturated rings. The molecule has 2 aliphatic rings. The van der Waals surface area contributed by atoms with Crippen molar-refractivity contribution in [2.24, 2.45) is 0 Å². The van der Waals surface area contributed by atoms with Gasteiger partial charge in [-0.3, -0.25) is 9.59 Å². The lowest BCUT2D eigenvalue weighted by molar-refractivity contribution is -0.143. The van der Waals surface area contributed by atoms with Crippen molar-refractivity contribution < 1.29 is 22.8 Å². The Morgan fingerprint density at radius 1 is 1.05 bits per heavy atom. The van der Waals surface area contributed by atoms with Gasteiger partial charge < -0.3 is 20.4 Å². The number of amides is 4. The van der Waals surface area contributed by atoms with Crippen LogP contribution in [0.1, 0.15) is 30.6 Å². The first-order valence-electron chi connectivity index (χ1n) is 12.5. The number of hydrogen-bond donors (Lipinski definition) is 3. The van der Waals surface area contributed by atoms with Gasteiger partial charge in [-0.15, -0.1) is 11.3 Å². The highest BCUT2D eigenvalue weighted by molar-refractivity contribution is 7.92. The number of hydrogen-bond acceptors (Lipinski definition) is 6. The van der Waals surface area contributed by atoms with Crippen LogP contribution >= 0.6 is 46.1 Å². The number of carbonyl (C=O) groups is 3. The number of sulfonamides is 1. The first-order valence-corrected chi connectivity index (χ1v) is 16.0. The summed E-state index contributed by atoms with van der Waals surface area (Å²) < 4.78 is 28.1. The van der Waals surface area contributed by atoms with Crippen LogP contribution in [0.15, 0.2) is 35.7 Å². The highest BCUT2D eigenvalue weighted by atomic mass is 35.5. The lowest BCUT2D eigenvalue weighted by Gasteiger charge is -2.34.